The molecule has 2 N–H and O–H groups in total. The number of nitrogens with one attached hydrogen (secondary N) is 2. The van der Waals surface area contributed by atoms with Crippen molar-refractivity contribution in [2.75, 3.05) is 18.5 Å². The fourth-order valence-corrected chi connectivity index (χ4v) is 2.61. The Morgan fingerprint density at radius 1 is 1.25 bits per heavy atom. The van der Waals surface area contributed by atoms with Gasteiger partial charge in [0.05, 0.1) is 11.3 Å². The van der Waals surface area contributed by atoms with Crippen LogP contribution in [-0.4, -0.2) is 37.0 Å². The molecule has 7 nitrogen and oxygen atoms in total. The first-order valence-corrected chi connectivity index (χ1v) is 8.72. The lowest BCUT2D eigenvalue weighted by Crippen LogP contribution is -2.37. The van der Waals surface area contributed by atoms with Gasteiger partial charge in [-0.05, 0) is 49.2 Å². The van der Waals surface area contributed by atoms with E-state index in [2.05, 4.69) is 10.6 Å². The summed E-state index contributed by atoms with van der Waals surface area (Å²) in [5, 5.41) is 5.30. The van der Waals surface area contributed by atoms with Gasteiger partial charge in [-0.15, -0.1) is 0 Å². The quantitative estimate of drug-likeness (QED) is 0.742. The fourth-order valence-electron chi connectivity index (χ4n) is 2.61. The number of anilines is 1. The maximum absolute atomic E-state index is 12.9. The lowest BCUT2D eigenvalue weighted by molar-refractivity contribution is -0.129. The molecule has 0 fully saturated rings. The second-order valence-electron chi connectivity index (χ2n) is 6.26. The Labute approximate surface area is 160 Å². The average molecular weight is 386 g/mol. The van der Waals surface area contributed by atoms with Crippen LogP contribution in [0.5, 0.6) is 5.75 Å². The minimum Gasteiger partial charge on any atom is -0.482 e. The highest BCUT2D eigenvalue weighted by atomic mass is 19.1. The second kappa shape index (κ2) is 8.51. The Hall–Kier alpha value is -3.42. The molecule has 1 aliphatic heterocycles. The molecular weight excluding hydrogens is 367 g/mol. The molecule has 1 unspecified atom stereocenters. The lowest BCUT2D eigenvalue weighted by Gasteiger charge is -2.19. The van der Waals surface area contributed by atoms with Crippen LogP contribution in [0, 0.1) is 5.82 Å². The van der Waals surface area contributed by atoms with Crippen LogP contribution in [0.1, 0.15) is 22.8 Å². The predicted molar refractivity (Wildman–Crippen MR) is 98.6 cm³/mol. The highest BCUT2D eigenvalue weighted by Gasteiger charge is 2.21. The van der Waals surface area contributed by atoms with Crippen molar-refractivity contribution in [2.45, 2.75) is 19.4 Å². The number of amides is 2. The molecular formula is C20H19FN2O5. The van der Waals surface area contributed by atoms with Gasteiger partial charge >= 0.3 is 5.97 Å². The molecule has 28 heavy (non-hydrogen) atoms. The predicted octanol–water partition coefficient (Wildman–Crippen LogP) is 2.06. The molecule has 2 amide bonds. The third-order valence-electron chi connectivity index (χ3n) is 4.13. The summed E-state index contributed by atoms with van der Waals surface area (Å²) in [6.45, 7) is 1.68. The Balaban J connectivity index is 1.50. The van der Waals surface area contributed by atoms with E-state index in [0.29, 0.717) is 24.4 Å². The lowest BCUT2D eigenvalue weighted by atomic mass is 10.1. The Bertz CT molecular complexity index is 898. The van der Waals surface area contributed by atoms with Crippen molar-refractivity contribution in [2.24, 2.45) is 0 Å². The molecule has 0 saturated carbocycles. The third kappa shape index (κ3) is 4.85. The number of benzene rings is 2. The van der Waals surface area contributed by atoms with Gasteiger partial charge in [0.25, 0.3) is 11.8 Å². The van der Waals surface area contributed by atoms with Crippen LogP contribution in [0.3, 0.4) is 0 Å². The van der Waals surface area contributed by atoms with Gasteiger partial charge in [0.15, 0.2) is 12.7 Å². The summed E-state index contributed by atoms with van der Waals surface area (Å²) in [7, 11) is 0. The molecule has 3 rings (SSSR count). The zero-order valence-electron chi connectivity index (χ0n) is 15.2. The molecule has 1 aliphatic rings. The van der Waals surface area contributed by atoms with Crippen molar-refractivity contribution in [3.63, 3.8) is 0 Å². The highest BCUT2D eigenvalue weighted by Crippen LogP contribution is 2.28. The summed E-state index contributed by atoms with van der Waals surface area (Å²) in [5.41, 5.74) is 1.56. The topological polar surface area (TPSA) is 93.7 Å². The number of halogens is 1. The minimum absolute atomic E-state index is 0.127. The van der Waals surface area contributed by atoms with Gasteiger partial charge in [0, 0.05) is 6.54 Å². The molecule has 1 atom stereocenters. The van der Waals surface area contributed by atoms with Crippen LogP contribution >= 0.6 is 0 Å². The summed E-state index contributed by atoms with van der Waals surface area (Å²) >= 11 is 0. The zero-order chi connectivity index (χ0) is 20.1. The molecule has 2 aromatic carbocycles. The van der Waals surface area contributed by atoms with Gasteiger partial charge in [0.2, 0.25) is 0 Å². The molecule has 0 spiro atoms. The molecule has 0 aromatic heterocycles. The van der Waals surface area contributed by atoms with E-state index in [4.69, 9.17) is 9.47 Å². The van der Waals surface area contributed by atoms with Crippen LogP contribution in [0.2, 0.25) is 0 Å². The van der Waals surface area contributed by atoms with Gasteiger partial charge in [-0.2, -0.15) is 0 Å². The van der Waals surface area contributed by atoms with Crippen LogP contribution in [-0.2, 0) is 20.7 Å². The van der Waals surface area contributed by atoms with E-state index in [1.54, 1.807) is 12.1 Å². The van der Waals surface area contributed by atoms with Crippen molar-refractivity contribution < 1.29 is 28.2 Å². The molecule has 2 aromatic rings. The van der Waals surface area contributed by atoms with E-state index >= 15 is 0 Å². The number of fused-ring (bicyclic) bond motifs is 1. The standard InChI is InChI=1S/C20H19FN2O5/c1-12(19(25)22-9-8-13-2-5-15(21)6-3-13)28-20(26)14-4-7-16-17(10-14)27-11-18(24)23-16/h2-7,10,12H,8-9,11H2,1H3,(H,22,25)(H,23,24). The van der Waals surface area contributed by atoms with Crippen LogP contribution in [0.25, 0.3) is 0 Å². The molecule has 0 bridgehead atoms. The number of hydrogen-bond acceptors (Lipinski definition) is 5. The van der Waals surface area contributed by atoms with Crippen LogP contribution in [0.15, 0.2) is 42.5 Å². The first kappa shape index (κ1) is 19.3. The van der Waals surface area contributed by atoms with E-state index in [0.717, 1.165) is 5.56 Å². The monoisotopic (exact) mass is 386 g/mol. The van der Waals surface area contributed by atoms with Crippen molar-refractivity contribution in [1.82, 2.24) is 5.32 Å². The fraction of sp³-hybridized carbons (Fsp3) is 0.250. The molecule has 146 valence electrons. The van der Waals surface area contributed by atoms with Gasteiger partial charge in [-0.3, -0.25) is 9.59 Å². The SMILES string of the molecule is CC(OC(=O)c1ccc2c(c1)OCC(=O)N2)C(=O)NCCc1ccc(F)cc1. The molecule has 8 heteroatoms. The summed E-state index contributed by atoms with van der Waals surface area (Å²) in [5.74, 6) is -1.33. The molecule has 0 radical (unpaired) electrons. The summed E-state index contributed by atoms with van der Waals surface area (Å²) in [6, 6.07) is 10.5. The van der Waals surface area contributed by atoms with Crippen molar-refractivity contribution in [1.29, 1.82) is 0 Å². The maximum Gasteiger partial charge on any atom is 0.339 e. The minimum atomic E-state index is -0.989. The van der Waals surface area contributed by atoms with E-state index < -0.39 is 18.0 Å². The number of carbonyl (C=O) groups is 3. The Morgan fingerprint density at radius 3 is 2.75 bits per heavy atom. The first-order valence-electron chi connectivity index (χ1n) is 8.72. The third-order valence-corrected chi connectivity index (χ3v) is 4.13. The van der Waals surface area contributed by atoms with Gasteiger partial charge < -0.3 is 20.1 Å². The van der Waals surface area contributed by atoms with Crippen molar-refractivity contribution in [3.8, 4) is 5.75 Å². The normalized spacial score (nSPS) is 13.6. The smallest absolute Gasteiger partial charge is 0.339 e. The van der Waals surface area contributed by atoms with Crippen molar-refractivity contribution in [3.05, 3.63) is 59.4 Å². The Morgan fingerprint density at radius 2 is 2.00 bits per heavy atom. The van der Waals surface area contributed by atoms with Crippen LogP contribution < -0.4 is 15.4 Å². The second-order valence-corrected chi connectivity index (χ2v) is 6.26. The van der Waals surface area contributed by atoms with Crippen molar-refractivity contribution >= 4 is 23.5 Å². The summed E-state index contributed by atoms with van der Waals surface area (Å²) in [4.78, 5) is 35.6. The zero-order valence-corrected chi connectivity index (χ0v) is 15.2. The number of carbonyl (C=O) groups excluding carboxylic acids is 3. The number of ether oxygens (including phenoxy) is 2. The molecule has 0 aliphatic carbocycles. The number of esters is 1. The Kier molecular flexibility index (Phi) is 5.88. The van der Waals surface area contributed by atoms with Gasteiger partial charge in [-0.1, -0.05) is 12.1 Å². The number of rotatable bonds is 6. The molecule has 0 saturated heterocycles. The average Bonchev–Trinajstić information content (AvgIpc) is 2.68. The van der Waals surface area contributed by atoms with Gasteiger partial charge in [0.1, 0.15) is 11.6 Å². The summed E-state index contributed by atoms with van der Waals surface area (Å²) in [6.07, 6.45) is -0.460. The van der Waals surface area contributed by atoms with E-state index in [1.165, 1.54) is 37.3 Å². The highest BCUT2D eigenvalue weighted by molar-refractivity contribution is 5.98. The van der Waals surface area contributed by atoms with Gasteiger partial charge in [-0.25, -0.2) is 9.18 Å². The number of hydrogen-bond donors (Lipinski definition) is 2. The maximum atomic E-state index is 12.9. The largest absolute Gasteiger partial charge is 0.482 e. The first-order chi connectivity index (χ1) is 13.4. The summed E-state index contributed by atoms with van der Waals surface area (Å²) < 4.78 is 23.3. The van der Waals surface area contributed by atoms with E-state index in [1.807, 2.05) is 0 Å². The molecule has 1 heterocycles. The van der Waals surface area contributed by atoms with E-state index in [-0.39, 0.29) is 23.9 Å². The van der Waals surface area contributed by atoms with Crippen LogP contribution in [0.4, 0.5) is 10.1 Å². The van der Waals surface area contributed by atoms with E-state index in [9.17, 15) is 18.8 Å².